The number of pyridine rings is 2. The lowest BCUT2D eigenvalue weighted by atomic mass is 9.91. The van der Waals surface area contributed by atoms with Crippen molar-refractivity contribution in [3.8, 4) is 11.1 Å². The summed E-state index contributed by atoms with van der Waals surface area (Å²) in [4.78, 5) is 44.2. The molecule has 6 rings (SSSR count). The van der Waals surface area contributed by atoms with Crippen molar-refractivity contribution in [2.45, 2.75) is 37.9 Å². The fourth-order valence-corrected chi connectivity index (χ4v) is 6.21. The van der Waals surface area contributed by atoms with Gasteiger partial charge in [-0.05, 0) is 46.5 Å². The van der Waals surface area contributed by atoms with Crippen LogP contribution in [0.5, 0.6) is 0 Å². The maximum absolute atomic E-state index is 15.2. The molecule has 2 aliphatic heterocycles. The zero-order chi connectivity index (χ0) is 34.3. The molecule has 2 aliphatic rings. The molecule has 1 saturated heterocycles. The Kier molecular flexibility index (Phi) is 8.92. The zero-order valence-electron chi connectivity index (χ0n) is 25.7. The molecule has 1 fully saturated rings. The lowest BCUT2D eigenvalue weighted by Gasteiger charge is -2.38. The van der Waals surface area contributed by atoms with Crippen LogP contribution in [0.3, 0.4) is 0 Å². The lowest BCUT2D eigenvalue weighted by molar-refractivity contribution is -0.167. The van der Waals surface area contributed by atoms with Crippen LogP contribution in [0.4, 0.5) is 27.6 Å². The predicted octanol–water partition coefficient (Wildman–Crippen LogP) is 4.19. The maximum Gasteiger partial charge on any atom is 0.411 e. The van der Waals surface area contributed by atoms with Crippen LogP contribution in [-0.2, 0) is 45.7 Å². The van der Waals surface area contributed by atoms with Crippen LogP contribution in [0, 0.1) is 11.6 Å². The number of carbonyl (C=O) groups excluding carboxylic acids is 2. The first-order chi connectivity index (χ1) is 22.9. The number of ether oxygens (including phenoxy) is 3. The summed E-state index contributed by atoms with van der Waals surface area (Å²) in [6.45, 7) is -0.782. The number of fused-ring (bicyclic) bond motifs is 2. The highest BCUT2D eigenvalue weighted by Crippen LogP contribution is 2.35. The first-order valence-corrected chi connectivity index (χ1v) is 14.8. The van der Waals surface area contributed by atoms with E-state index in [1.54, 1.807) is 43.7 Å². The van der Waals surface area contributed by atoms with Crippen molar-refractivity contribution in [1.29, 1.82) is 0 Å². The molecular weight excluding hydrogens is 643 g/mol. The Morgan fingerprint density at radius 3 is 2.50 bits per heavy atom. The molecule has 2 atom stereocenters. The molecule has 10 nitrogen and oxygen atoms in total. The van der Waals surface area contributed by atoms with Gasteiger partial charge in [-0.3, -0.25) is 14.6 Å². The summed E-state index contributed by atoms with van der Waals surface area (Å²) in [7, 11) is 2.74. The SMILES string of the molecule is COC(=O)[C@H](Cc1ccc(-c2cc3cnccc3n(C)c2=O)c2c1COC2)NC(=O)c1c(F)cc(N2CCOC[C@@H]2C(F)(F)F)cc1F. The number of morpholine rings is 1. The van der Waals surface area contributed by atoms with E-state index in [1.807, 2.05) is 0 Å². The van der Waals surface area contributed by atoms with E-state index in [2.05, 4.69) is 10.3 Å². The van der Waals surface area contributed by atoms with E-state index in [9.17, 15) is 27.6 Å². The number of methoxy groups -OCH3 is 1. The molecule has 0 aliphatic carbocycles. The second-order valence-corrected chi connectivity index (χ2v) is 11.4. The highest BCUT2D eigenvalue weighted by molar-refractivity contribution is 5.97. The van der Waals surface area contributed by atoms with E-state index in [0.717, 1.165) is 17.4 Å². The third-order valence-electron chi connectivity index (χ3n) is 8.64. The summed E-state index contributed by atoms with van der Waals surface area (Å²) in [6, 6.07) is 4.60. The lowest BCUT2D eigenvalue weighted by Crippen LogP contribution is -2.53. The fourth-order valence-electron chi connectivity index (χ4n) is 6.21. The molecule has 0 bridgehead atoms. The molecule has 0 unspecified atom stereocenters. The fraction of sp³-hybridized carbons (Fsp3) is 0.333. The standard InChI is InChI=1S/C33H29F5N4O6/c1-41-27-5-6-39-13-18(27)9-21(31(41)44)20-4-3-17(22-14-48-15-23(20)22)10-26(32(45)46-2)40-30(43)29-24(34)11-19(12-25(29)35)42-7-8-47-16-28(42)33(36,37)38/h3-6,9,11-13,26,28H,7-8,10,14-16H2,1-2H3,(H,40,43)/t26-,28+/m0/s1. The van der Waals surface area contributed by atoms with E-state index in [1.165, 1.54) is 4.57 Å². The maximum atomic E-state index is 15.2. The first kappa shape index (κ1) is 33.0. The Morgan fingerprint density at radius 1 is 1.06 bits per heavy atom. The van der Waals surface area contributed by atoms with Crippen molar-refractivity contribution in [1.82, 2.24) is 14.9 Å². The molecule has 4 heterocycles. The molecule has 15 heteroatoms. The van der Waals surface area contributed by atoms with Gasteiger partial charge in [0.2, 0.25) is 0 Å². The van der Waals surface area contributed by atoms with Gasteiger partial charge in [0.15, 0.2) is 0 Å². The quantitative estimate of drug-likeness (QED) is 0.230. The molecule has 4 aromatic rings. The van der Waals surface area contributed by atoms with E-state index in [0.29, 0.717) is 45.5 Å². The van der Waals surface area contributed by atoms with Crippen molar-refractivity contribution in [3.05, 3.63) is 93.0 Å². The number of aromatic nitrogens is 2. The first-order valence-electron chi connectivity index (χ1n) is 14.8. The van der Waals surface area contributed by atoms with Gasteiger partial charge in [0.1, 0.15) is 29.3 Å². The number of hydrogen-bond acceptors (Lipinski definition) is 8. The highest BCUT2D eigenvalue weighted by atomic mass is 19.4. The minimum atomic E-state index is -4.73. The second-order valence-electron chi connectivity index (χ2n) is 11.4. The molecule has 2 aromatic carbocycles. The number of esters is 1. The van der Waals surface area contributed by atoms with Crippen molar-refractivity contribution in [2.24, 2.45) is 7.05 Å². The average molecular weight is 673 g/mol. The van der Waals surface area contributed by atoms with Crippen molar-refractivity contribution < 1.29 is 45.8 Å². The van der Waals surface area contributed by atoms with Gasteiger partial charge in [-0.1, -0.05) is 12.1 Å². The van der Waals surface area contributed by atoms with Crippen LogP contribution < -0.4 is 15.8 Å². The Hall–Kier alpha value is -4.89. The topological polar surface area (TPSA) is 112 Å². The smallest absolute Gasteiger partial charge is 0.411 e. The summed E-state index contributed by atoms with van der Waals surface area (Å²) in [5.41, 5.74) is 1.95. The summed E-state index contributed by atoms with van der Waals surface area (Å²) < 4.78 is 88.1. The Labute approximate surface area is 270 Å². The number of nitrogens with one attached hydrogen (secondary N) is 1. The summed E-state index contributed by atoms with van der Waals surface area (Å²) in [6.07, 6.45) is -1.66. The van der Waals surface area contributed by atoms with Crippen LogP contribution in [0.2, 0.25) is 0 Å². The molecule has 2 aromatic heterocycles. The van der Waals surface area contributed by atoms with Crippen LogP contribution in [0.15, 0.2) is 53.6 Å². The second kappa shape index (κ2) is 13.0. The number of halogens is 5. The zero-order valence-corrected chi connectivity index (χ0v) is 25.7. The number of nitrogens with zero attached hydrogens (tertiary/aromatic N) is 3. The minimum Gasteiger partial charge on any atom is -0.467 e. The normalized spacial score (nSPS) is 16.9. The van der Waals surface area contributed by atoms with E-state index >= 15 is 8.78 Å². The number of hydrogen-bond donors (Lipinski definition) is 1. The molecule has 0 saturated carbocycles. The largest absolute Gasteiger partial charge is 0.467 e. The number of alkyl halides is 3. The number of rotatable bonds is 7. The van der Waals surface area contributed by atoms with Gasteiger partial charge in [0.25, 0.3) is 11.5 Å². The van der Waals surface area contributed by atoms with E-state index in [-0.39, 0.29) is 38.3 Å². The summed E-state index contributed by atoms with van der Waals surface area (Å²) >= 11 is 0. The molecular formula is C33H29F5N4O6. The van der Waals surface area contributed by atoms with Crippen molar-refractivity contribution in [2.75, 3.05) is 31.8 Å². The van der Waals surface area contributed by atoms with Crippen LogP contribution >= 0.6 is 0 Å². The highest BCUT2D eigenvalue weighted by Gasteiger charge is 2.46. The number of anilines is 1. The van der Waals surface area contributed by atoms with Crippen molar-refractivity contribution in [3.63, 3.8) is 0 Å². The third-order valence-corrected chi connectivity index (χ3v) is 8.64. The number of amides is 1. The average Bonchev–Trinajstić information content (AvgIpc) is 3.56. The molecule has 1 N–H and O–H groups in total. The van der Waals surface area contributed by atoms with E-state index < -0.39 is 59.6 Å². The minimum absolute atomic E-state index is 0.0923. The van der Waals surface area contributed by atoms with Crippen LogP contribution in [0.1, 0.15) is 27.0 Å². The van der Waals surface area contributed by atoms with Gasteiger partial charge in [0, 0.05) is 49.0 Å². The third kappa shape index (κ3) is 6.10. The molecule has 48 heavy (non-hydrogen) atoms. The van der Waals surface area contributed by atoms with Gasteiger partial charge in [0.05, 0.1) is 39.1 Å². The number of carbonyl (C=O) groups is 2. The Morgan fingerprint density at radius 2 is 1.79 bits per heavy atom. The van der Waals surface area contributed by atoms with Crippen LogP contribution in [-0.4, -0.2) is 66.6 Å². The number of benzene rings is 2. The van der Waals surface area contributed by atoms with Gasteiger partial charge in [-0.25, -0.2) is 13.6 Å². The van der Waals surface area contributed by atoms with E-state index in [4.69, 9.17) is 14.2 Å². The van der Waals surface area contributed by atoms with Crippen LogP contribution in [0.25, 0.3) is 22.0 Å². The van der Waals surface area contributed by atoms with Gasteiger partial charge < -0.3 is 29.0 Å². The monoisotopic (exact) mass is 672 g/mol. The molecule has 252 valence electrons. The Bertz CT molecular complexity index is 1960. The summed E-state index contributed by atoms with van der Waals surface area (Å²) in [5.74, 6) is -5.04. The van der Waals surface area contributed by atoms with Crippen molar-refractivity contribution >= 4 is 28.5 Å². The predicted molar refractivity (Wildman–Crippen MR) is 162 cm³/mol. The number of aryl methyl sites for hydroxylation is 1. The van der Waals surface area contributed by atoms with Gasteiger partial charge in [-0.2, -0.15) is 13.2 Å². The molecule has 1 amide bonds. The molecule has 0 radical (unpaired) electrons. The Balaban J connectivity index is 1.28. The summed E-state index contributed by atoms with van der Waals surface area (Å²) in [5, 5.41) is 3.06. The van der Waals surface area contributed by atoms with Gasteiger partial charge >= 0.3 is 12.1 Å². The van der Waals surface area contributed by atoms with Gasteiger partial charge in [-0.15, -0.1) is 0 Å². The molecule has 0 spiro atoms.